The summed E-state index contributed by atoms with van der Waals surface area (Å²) >= 11 is 0. The third kappa shape index (κ3) is 4.51. The van der Waals surface area contributed by atoms with E-state index in [1.165, 1.54) is 12.8 Å². The van der Waals surface area contributed by atoms with Crippen LogP contribution >= 0.6 is 12.4 Å². The highest BCUT2D eigenvalue weighted by molar-refractivity contribution is 5.94. The zero-order valence-electron chi connectivity index (χ0n) is 11.7. The average molecular weight is 283 g/mol. The highest BCUT2D eigenvalue weighted by atomic mass is 35.5. The van der Waals surface area contributed by atoms with Gasteiger partial charge in [0.05, 0.1) is 0 Å². The Labute approximate surface area is 121 Å². The Morgan fingerprint density at radius 3 is 2.89 bits per heavy atom. The molecule has 1 unspecified atom stereocenters. The Bertz CT molecular complexity index is 428. The van der Waals surface area contributed by atoms with Crippen LogP contribution in [0, 0.1) is 12.3 Å². The number of hydrogen-bond acceptors (Lipinski definition) is 2. The van der Waals surface area contributed by atoms with E-state index in [4.69, 9.17) is 0 Å². The Kier molecular flexibility index (Phi) is 5.83. The molecule has 1 aromatic rings. The zero-order chi connectivity index (χ0) is 13.0. The van der Waals surface area contributed by atoms with Crippen LogP contribution in [0.15, 0.2) is 24.3 Å². The average Bonchev–Trinajstić information content (AvgIpc) is 2.37. The Hall–Kier alpha value is -1.06. The molecule has 19 heavy (non-hydrogen) atoms. The SMILES string of the molecule is Cc1cccc(C(=O)NCC2(C)CCCNC2)c1.Cl. The van der Waals surface area contributed by atoms with Gasteiger partial charge in [-0.05, 0) is 43.9 Å². The molecule has 1 aliphatic heterocycles. The molecule has 0 aromatic heterocycles. The molecular weight excluding hydrogens is 260 g/mol. The number of aryl methyl sites for hydroxylation is 1. The molecule has 4 heteroatoms. The van der Waals surface area contributed by atoms with Crippen LogP contribution in [0.4, 0.5) is 0 Å². The van der Waals surface area contributed by atoms with Crippen LogP contribution in [-0.4, -0.2) is 25.5 Å². The summed E-state index contributed by atoms with van der Waals surface area (Å²) < 4.78 is 0. The second kappa shape index (κ2) is 6.92. The predicted octanol–water partition coefficient (Wildman–Crippen LogP) is 2.54. The molecule has 2 rings (SSSR count). The predicted molar refractivity (Wildman–Crippen MR) is 81.0 cm³/mol. The van der Waals surface area contributed by atoms with E-state index < -0.39 is 0 Å². The van der Waals surface area contributed by atoms with Gasteiger partial charge in [0.1, 0.15) is 0 Å². The van der Waals surface area contributed by atoms with Gasteiger partial charge in [-0.15, -0.1) is 12.4 Å². The number of amides is 1. The molecular formula is C15H23ClN2O. The van der Waals surface area contributed by atoms with Crippen LogP contribution in [0.1, 0.15) is 35.7 Å². The van der Waals surface area contributed by atoms with Gasteiger partial charge in [-0.25, -0.2) is 0 Å². The van der Waals surface area contributed by atoms with Crippen molar-refractivity contribution in [2.45, 2.75) is 26.7 Å². The molecule has 0 saturated carbocycles. The Morgan fingerprint density at radius 2 is 2.26 bits per heavy atom. The fourth-order valence-corrected chi connectivity index (χ4v) is 2.45. The summed E-state index contributed by atoms with van der Waals surface area (Å²) in [6.07, 6.45) is 2.37. The molecule has 0 radical (unpaired) electrons. The summed E-state index contributed by atoms with van der Waals surface area (Å²) in [7, 11) is 0. The first-order valence-corrected chi connectivity index (χ1v) is 6.65. The monoisotopic (exact) mass is 282 g/mol. The lowest BCUT2D eigenvalue weighted by Crippen LogP contribution is -2.45. The van der Waals surface area contributed by atoms with E-state index >= 15 is 0 Å². The van der Waals surface area contributed by atoms with Crippen molar-refractivity contribution in [1.82, 2.24) is 10.6 Å². The van der Waals surface area contributed by atoms with E-state index in [1.54, 1.807) is 0 Å². The normalized spacial score (nSPS) is 22.4. The largest absolute Gasteiger partial charge is 0.351 e. The number of carbonyl (C=O) groups is 1. The molecule has 1 atom stereocenters. The highest BCUT2D eigenvalue weighted by Gasteiger charge is 2.27. The smallest absolute Gasteiger partial charge is 0.251 e. The standard InChI is InChI=1S/C15H22N2O.ClH/c1-12-5-3-6-13(9-12)14(18)17-11-15(2)7-4-8-16-10-15;/h3,5-6,9,16H,4,7-8,10-11H2,1-2H3,(H,17,18);1H. The van der Waals surface area contributed by atoms with Crippen LogP contribution in [0.2, 0.25) is 0 Å². The summed E-state index contributed by atoms with van der Waals surface area (Å²) in [5, 5.41) is 6.45. The van der Waals surface area contributed by atoms with Crippen molar-refractivity contribution >= 4 is 18.3 Å². The molecule has 0 spiro atoms. The number of benzene rings is 1. The molecule has 0 bridgehead atoms. The number of rotatable bonds is 3. The Morgan fingerprint density at radius 1 is 1.47 bits per heavy atom. The highest BCUT2D eigenvalue weighted by Crippen LogP contribution is 2.24. The van der Waals surface area contributed by atoms with Crippen molar-refractivity contribution in [2.75, 3.05) is 19.6 Å². The van der Waals surface area contributed by atoms with Gasteiger partial charge in [-0.3, -0.25) is 4.79 Å². The van der Waals surface area contributed by atoms with Gasteiger partial charge in [0.25, 0.3) is 5.91 Å². The van der Waals surface area contributed by atoms with Crippen molar-refractivity contribution < 1.29 is 4.79 Å². The van der Waals surface area contributed by atoms with E-state index in [1.807, 2.05) is 31.2 Å². The van der Waals surface area contributed by atoms with Crippen LogP contribution in [0.25, 0.3) is 0 Å². The van der Waals surface area contributed by atoms with Crippen molar-refractivity contribution in [2.24, 2.45) is 5.41 Å². The number of hydrogen-bond donors (Lipinski definition) is 2. The van der Waals surface area contributed by atoms with Crippen molar-refractivity contribution in [3.05, 3.63) is 35.4 Å². The molecule has 1 aromatic carbocycles. The molecule has 1 amide bonds. The van der Waals surface area contributed by atoms with Crippen molar-refractivity contribution in [1.29, 1.82) is 0 Å². The first-order chi connectivity index (χ1) is 8.59. The van der Waals surface area contributed by atoms with Gasteiger partial charge in [0.2, 0.25) is 0 Å². The molecule has 1 aliphatic rings. The maximum absolute atomic E-state index is 12.1. The molecule has 106 valence electrons. The van der Waals surface area contributed by atoms with E-state index in [-0.39, 0.29) is 23.7 Å². The van der Waals surface area contributed by atoms with Crippen molar-refractivity contribution in [3.8, 4) is 0 Å². The zero-order valence-corrected chi connectivity index (χ0v) is 12.5. The maximum Gasteiger partial charge on any atom is 0.251 e. The minimum atomic E-state index is 0. The molecule has 1 saturated heterocycles. The molecule has 1 heterocycles. The van der Waals surface area contributed by atoms with Gasteiger partial charge in [-0.2, -0.15) is 0 Å². The first-order valence-electron chi connectivity index (χ1n) is 6.65. The van der Waals surface area contributed by atoms with E-state index in [2.05, 4.69) is 17.6 Å². The summed E-state index contributed by atoms with van der Waals surface area (Å²) in [6.45, 7) is 7.06. The lowest BCUT2D eigenvalue weighted by molar-refractivity contribution is 0.0924. The molecule has 1 fully saturated rings. The number of carbonyl (C=O) groups excluding carboxylic acids is 1. The topological polar surface area (TPSA) is 41.1 Å². The minimum Gasteiger partial charge on any atom is -0.351 e. The third-order valence-electron chi connectivity index (χ3n) is 3.64. The van der Waals surface area contributed by atoms with Gasteiger partial charge >= 0.3 is 0 Å². The van der Waals surface area contributed by atoms with E-state index in [0.717, 1.165) is 30.8 Å². The number of piperidine rings is 1. The van der Waals surface area contributed by atoms with Crippen molar-refractivity contribution in [3.63, 3.8) is 0 Å². The van der Waals surface area contributed by atoms with Crippen LogP contribution < -0.4 is 10.6 Å². The van der Waals surface area contributed by atoms with E-state index in [9.17, 15) is 4.79 Å². The minimum absolute atomic E-state index is 0. The second-order valence-electron chi connectivity index (χ2n) is 5.64. The number of nitrogens with one attached hydrogen (secondary N) is 2. The lowest BCUT2D eigenvalue weighted by Gasteiger charge is -2.34. The Balaban J connectivity index is 0.00000180. The van der Waals surface area contributed by atoms with Gasteiger partial charge in [-0.1, -0.05) is 24.6 Å². The third-order valence-corrected chi connectivity index (χ3v) is 3.64. The number of halogens is 1. The fourth-order valence-electron chi connectivity index (χ4n) is 2.45. The maximum atomic E-state index is 12.1. The lowest BCUT2D eigenvalue weighted by atomic mass is 9.83. The summed E-state index contributed by atoms with van der Waals surface area (Å²) in [6, 6.07) is 7.72. The quantitative estimate of drug-likeness (QED) is 0.894. The summed E-state index contributed by atoms with van der Waals surface area (Å²) in [5.74, 6) is 0.0329. The van der Waals surface area contributed by atoms with E-state index in [0.29, 0.717) is 0 Å². The van der Waals surface area contributed by atoms with Crippen LogP contribution in [-0.2, 0) is 0 Å². The molecule has 3 nitrogen and oxygen atoms in total. The van der Waals surface area contributed by atoms with Gasteiger partial charge < -0.3 is 10.6 Å². The summed E-state index contributed by atoms with van der Waals surface area (Å²) in [5.41, 5.74) is 2.06. The molecule has 2 N–H and O–H groups in total. The molecule has 0 aliphatic carbocycles. The van der Waals surface area contributed by atoms with Crippen LogP contribution in [0.3, 0.4) is 0 Å². The summed E-state index contributed by atoms with van der Waals surface area (Å²) in [4.78, 5) is 12.1. The first kappa shape index (κ1) is 16.0. The van der Waals surface area contributed by atoms with Gasteiger partial charge in [0.15, 0.2) is 0 Å². The van der Waals surface area contributed by atoms with Crippen LogP contribution in [0.5, 0.6) is 0 Å². The van der Waals surface area contributed by atoms with Gasteiger partial charge in [0, 0.05) is 18.7 Å². The second-order valence-corrected chi connectivity index (χ2v) is 5.64. The fraction of sp³-hybridized carbons (Fsp3) is 0.533.